The van der Waals surface area contributed by atoms with Crippen LogP contribution in [0.5, 0.6) is 0 Å². The Kier molecular flexibility index (Phi) is 4.83. The molecule has 0 aliphatic rings. The Morgan fingerprint density at radius 1 is 1.31 bits per heavy atom. The highest BCUT2D eigenvalue weighted by atomic mass is 16.7. The van der Waals surface area contributed by atoms with E-state index in [-0.39, 0.29) is 5.92 Å². The number of primary amides is 1. The molecule has 0 aromatic heterocycles. The molecule has 0 radical (unpaired) electrons. The largest absolute Gasteiger partial charge is 0.427 e. The van der Waals surface area contributed by atoms with E-state index in [4.69, 9.17) is 5.73 Å². The van der Waals surface area contributed by atoms with Crippen LogP contribution in [0.15, 0.2) is 0 Å². The number of nitrogens with two attached hydrogens (primary N) is 2. The maximum Gasteiger partial charge on any atom is 0.407 e. The molecule has 6 heteroatoms. The van der Waals surface area contributed by atoms with Crippen molar-refractivity contribution in [2.45, 2.75) is 19.9 Å². The summed E-state index contributed by atoms with van der Waals surface area (Å²) in [7, 11) is 0. The Morgan fingerprint density at radius 3 is 2.23 bits per heavy atom. The Bertz CT molecular complexity index is 193. The van der Waals surface area contributed by atoms with Gasteiger partial charge in [-0.3, -0.25) is 4.79 Å². The molecule has 0 saturated carbocycles. The third-order valence-corrected chi connectivity index (χ3v) is 1.39. The fourth-order valence-electron chi connectivity index (χ4n) is 0.514. The van der Waals surface area contributed by atoms with Crippen molar-refractivity contribution in [3.8, 4) is 0 Å². The van der Waals surface area contributed by atoms with Crippen LogP contribution < -0.4 is 11.5 Å². The van der Waals surface area contributed by atoms with Gasteiger partial charge in [-0.05, 0) is 5.92 Å². The zero-order valence-electron chi connectivity index (χ0n) is 7.65. The van der Waals surface area contributed by atoms with Gasteiger partial charge < -0.3 is 20.9 Å². The molecule has 0 heterocycles. The van der Waals surface area contributed by atoms with Crippen molar-refractivity contribution < 1.29 is 19.1 Å². The Balaban J connectivity index is 3.68. The molecule has 0 saturated heterocycles. The molecule has 76 valence electrons. The maximum absolute atomic E-state index is 11.0. The van der Waals surface area contributed by atoms with Gasteiger partial charge in [0.15, 0.2) is 0 Å². The van der Waals surface area contributed by atoms with Crippen LogP contribution in [-0.4, -0.2) is 24.9 Å². The summed E-state index contributed by atoms with van der Waals surface area (Å²) in [6.07, 6.45) is -0.995. The molecule has 0 bridgehead atoms. The fraction of sp³-hybridized carbons (Fsp3) is 0.714. The third kappa shape index (κ3) is 5.02. The molecule has 0 spiro atoms. The normalized spacial score (nSPS) is 12.3. The Hall–Kier alpha value is -1.30. The maximum atomic E-state index is 11.0. The summed E-state index contributed by atoms with van der Waals surface area (Å²) in [5, 5.41) is 0. The third-order valence-electron chi connectivity index (χ3n) is 1.39. The smallest absolute Gasteiger partial charge is 0.407 e. The minimum Gasteiger partial charge on any atom is -0.427 e. The predicted octanol–water partition coefficient (Wildman–Crippen LogP) is -0.434. The fourth-order valence-corrected chi connectivity index (χ4v) is 0.514. The van der Waals surface area contributed by atoms with Gasteiger partial charge in [0.25, 0.3) is 0 Å². The summed E-state index contributed by atoms with van der Waals surface area (Å²) in [4.78, 5) is 21.0. The van der Waals surface area contributed by atoms with Crippen molar-refractivity contribution >= 4 is 12.1 Å². The van der Waals surface area contributed by atoms with E-state index in [0.717, 1.165) is 0 Å². The van der Waals surface area contributed by atoms with Gasteiger partial charge in [0.2, 0.25) is 6.79 Å². The van der Waals surface area contributed by atoms with E-state index in [1.807, 2.05) is 0 Å². The first-order valence-electron chi connectivity index (χ1n) is 3.79. The molecule has 0 aromatic rings. The summed E-state index contributed by atoms with van der Waals surface area (Å²) in [5.74, 6) is -0.641. The summed E-state index contributed by atoms with van der Waals surface area (Å²) < 4.78 is 8.67. The monoisotopic (exact) mass is 190 g/mol. The average Bonchev–Trinajstić information content (AvgIpc) is 2.02. The van der Waals surface area contributed by atoms with Crippen LogP contribution in [0.3, 0.4) is 0 Å². The van der Waals surface area contributed by atoms with E-state index in [1.165, 1.54) is 0 Å². The molecule has 1 atom stereocenters. The lowest BCUT2D eigenvalue weighted by Crippen LogP contribution is -2.37. The highest BCUT2D eigenvalue weighted by Gasteiger charge is 2.18. The van der Waals surface area contributed by atoms with E-state index in [1.54, 1.807) is 13.8 Å². The second-order valence-corrected chi connectivity index (χ2v) is 2.81. The molecular weight excluding hydrogens is 176 g/mol. The van der Waals surface area contributed by atoms with Crippen LogP contribution in [0.25, 0.3) is 0 Å². The molecule has 0 aliphatic carbocycles. The van der Waals surface area contributed by atoms with Gasteiger partial charge in [0.1, 0.15) is 6.04 Å². The van der Waals surface area contributed by atoms with Crippen LogP contribution in [0.4, 0.5) is 4.79 Å². The van der Waals surface area contributed by atoms with Crippen LogP contribution in [0.1, 0.15) is 13.8 Å². The first-order valence-corrected chi connectivity index (χ1v) is 3.79. The highest BCUT2D eigenvalue weighted by Crippen LogP contribution is 2.00. The quantitative estimate of drug-likeness (QED) is 0.462. The summed E-state index contributed by atoms with van der Waals surface area (Å²) >= 11 is 0. The molecule has 1 unspecified atom stereocenters. The lowest BCUT2D eigenvalue weighted by molar-refractivity contribution is -0.154. The van der Waals surface area contributed by atoms with Crippen molar-refractivity contribution in [3.63, 3.8) is 0 Å². The number of amides is 1. The van der Waals surface area contributed by atoms with Crippen LogP contribution in [-0.2, 0) is 14.3 Å². The first kappa shape index (κ1) is 11.7. The van der Waals surface area contributed by atoms with E-state index in [2.05, 4.69) is 15.2 Å². The molecule has 13 heavy (non-hydrogen) atoms. The Morgan fingerprint density at radius 2 is 1.85 bits per heavy atom. The van der Waals surface area contributed by atoms with Gasteiger partial charge in [0.05, 0.1) is 0 Å². The molecule has 0 aromatic carbocycles. The van der Waals surface area contributed by atoms with Gasteiger partial charge in [-0.25, -0.2) is 4.79 Å². The van der Waals surface area contributed by atoms with Crippen molar-refractivity contribution in [1.82, 2.24) is 0 Å². The van der Waals surface area contributed by atoms with Crippen molar-refractivity contribution in [1.29, 1.82) is 0 Å². The van der Waals surface area contributed by atoms with E-state index >= 15 is 0 Å². The summed E-state index contributed by atoms with van der Waals surface area (Å²) in [5.41, 5.74) is 10.1. The molecular formula is C7H14N2O4. The summed E-state index contributed by atoms with van der Waals surface area (Å²) in [6.45, 7) is 3.07. The predicted molar refractivity (Wildman–Crippen MR) is 44.4 cm³/mol. The van der Waals surface area contributed by atoms with E-state index < -0.39 is 24.9 Å². The van der Waals surface area contributed by atoms with Crippen molar-refractivity contribution in [3.05, 3.63) is 0 Å². The molecule has 6 nitrogen and oxygen atoms in total. The lowest BCUT2D eigenvalue weighted by Gasteiger charge is -2.13. The molecule has 0 aliphatic heterocycles. The van der Waals surface area contributed by atoms with Crippen LogP contribution >= 0.6 is 0 Å². The zero-order chi connectivity index (χ0) is 10.4. The number of carbonyl (C=O) groups excluding carboxylic acids is 2. The second-order valence-electron chi connectivity index (χ2n) is 2.81. The second kappa shape index (κ2) is 5.36. The molecule has 0 fully saturated rings. The first-order chi connectivity index (χ1) is 5.95. The molecule has 0 rings (SSSR count). The van der Waals surface area contributed by atoms with Crippen LogP contribution in [0, 0.1) is 5.92 Å². The van der Waals surface area contributed by atoms with Gasteiger partial charge >= 0.3 is 12.1 Å². The Labute approximate surface area is 76.2 Å². The number of rotatable bonds is 4. The van der Waals surface area contributed by atoms with E-state index in [9.17, 15) is 9.59 Å². The lowest BCUT2D eigenvalue weighted by atomic mass is 10.1. The number of hydrogen-bond donors (Lipinski definition) is 2. The number of ether oxygens (including phenoxy) is 2. The minimum absolute atomic E-state index is 0.0268. The van der Waals surface area contributed by atoms with Gasteiger partial charge in [0, 0.05) is 0 Å². The highest BCUT2D eigenvalue weighted by molar-refractivity contribution is 5.75. The number of esters is 1. The average molecular weight is 190 g/mol. The van der Waals surface area contributed by atoms with Crippen molar-refractivity contribution in [2.75, 3.05) is 6.79 Å². The SMILES string of the molecule is CC(C)C(N)C(=O)OCOC(N)=O. The molecule has 1 amide bonds. The van der Waals surface area contributed by atoms with Crippen molar-refractivity contribution in [2.24, 2.45) is 17.4 Å². The zero-order valence-corrected chi connectivity index (χ0v) is 7.65. The number of carbonyl (C=O) groups is 2. The number of hydrogen-bond acceptors (Lipinski definition) is 5. The molecule has 4 N–H and O–H groups in total. The standard InChI is InChI=1S/C7H14N2O4/c1-4(2)5(8)6(10)12-3-13-7(9)11/h4-5H,3,8H2,1-2H3,(H2,9,11). The van der Waals surface area contributed by atoms with Gasteiger partial charge in [-0.15, -0.1) is 0 Å². The van der Waals surface area contributed by atoms with Gasteiger partial charge in [-0.2, -0.15) is 0 Å². The van der Waals surface area contributed by atoms with Gasteiger partial charge in [-0.1, -0.05) is 13.8 Å². The van der Waals surface area contributed by atoms with E-state index in [0.29, 0.717) is 0 Å². The van der Waals surface area contributed by atoms with Crippen LogP contribution in [0.2, 0.25) is 0 Å². The minimum atomic E-state index is -0.995. The topological polar surface area (TPSA) is 105 Å². The summed E-state index contributed by atoms with van der Waals surface area (Å²) in [6, 6.07) is -0.712.